The number of hydrogen-bond donors (Lipinski definition) is 2. The van der Waals surface area contributed by atoms with Crippen LogP contribution in [0.3, 0.4) is 0 Å². The Balaban J connectivity index is 1.54. The van der Waals surface area contributed by atoms with Gasteiger partial charge in [-0.3, -0.25) is 9.69 Å². The molecule has 1 aromatic carbocycles. The summed E-state index contributed by atoms with van der Waals surface area (Å²) in [6.45, 7) is 5.32. The van der Waals surface area contributed by atoms with Gasteiger partial charge in [0.15, 0.2) is 0 Å². The first-order valence-corrected chi connectivity index (χ1v) is 8.39. The number of aromatic nitrogens is 1. The number of rotatable bonds is 6. The van der Waals surface area contributed by atoms with Gasteiger partial charge in [-0.05, 0) is 36.6 Å². The van der Waals surface area contributed by atoms with Crippen molar-refractivity contribution in [2.75, 3.05) is 0 Å². The summed E-state index contributed by atoms with van der Waals surface area (Å²) in [6.07, 6.45) is 4.12. The second-order valence-corrected chi connectivity index (χ2v) is 7.05. The number of carbonyl (C=O) groups is 2. The normalized spacial score (nSPS) is 16.4. The Morgan fingerprint density at radius 1 is 1.00 bits per heavy atom. The number of nitrogens with zero attached hydrogens (tertiary/aromatic N) is 2. The third-order valence-corrected chi connectivity index (χ3v) is 4.36. The van der Waals surface area contributed by atoms with E-state index >= 15 is 0 Å². The van der Waals surface area contributed by atoms with Crippen LogP contribution >= 0.6 is 0 Å². The summed E-state index contributed by atoms with van der Waals surface area (Å²) in [6, 6.07) is 9.74. The molecule has 1 aliphatic rings. The maximum absolute atomic E-state index is 12.2. The monoisotopic (exact) mass is 340 g/mol. The minimum absolute atomic E-state index is 0.189. The lowest BCUT2D eigenvalue weighted by atomic mass is 10.1. The largest absolute Gasteiger partial charge is 0.357 e. The zero-order chi connectivity index (χ0) is 18.0. The zero-order valence-corrected chi connectivity index (χ0v) is 14.9. The summed E-state index contributed by atoms with van der Waals surface area (Å²) in [5.41, 5.74) is 2.53. The Labute approximate surface area is 147 Å². The predicted octanol–water partition coefficient (Wildman–Crippen LogP) is 2.15. The van der Waals surface area contributed by atoms with Crippen molar-refractivity contribution >= 4 is 11.9 Å². The Hall–Kier alpha value is -2.60. The van der Waals surface area contributed by atoms with E-state index < -0.39 is 5.54 Å². The van der Waals surface area contributed by atoms with Gasteiger partial charge in [0.25, 0.3) is 5.91 Å². The quantitative estimate of drug-likeness (QED) is 0.792. The molecular formula is C19H24N4O2. The fourth-order valence-electron chi connectivity index (χ4n) is 2.92. The zero-order valence-electron chi connectivity index (χ0n) is 14.9. The van der Waals surface area contributed by atoms with Crippen LogP contribution < -0.4 is 10.6 Å². The van der Waals surface area contributed by atoms with E-state index in [0.717, 1.165) is 24.2 Å². The van der Waals surface area contributed by atoms with Gasteiger partial charge in [0.05, 0.1) is 6.54 Å². The number of aryl methyl sites for hydroxylation is 1. The van der Waals surface area contributed by atoms with E-state index in [1.54, 1.807) is 13.8 Å². The summed E-state index contributed by atoms with van der Waals surface area (Å²) in [4.78, 5) is 25.4. The molecule has 2 heterocycles. The molecule has 1 fully saturated rings. The van der Waals surface area contributed by atoms with Crippen molar-refractivity contribution in [1.29, 1.82) is 0 Å². The number of carbonyl (C=O) groups excluding carboxylic acids is 2. The van der Waals surface area contributed by atoms with Crippen molar-refractivity contribution in [3.63, 3.8) is 0 Å². The van der Waals surface area contributed by atoms with Crippen LogP contribution in [0.2, 0.25) is 0 Å². The fraction of sp³-hybridized carbons (Fsp3) is 0.368. The molecule has 2 aromatic rings. The molecule has 1 saturated heterocycles. The number of benzene rings is 1. The molecule has 0 aliphatic carbocycles. The molecule has 3 rings (SSSR count). The molecule has 25 heavy (non-hydrogen) atoms. The van der Waals surface area contributed by atoms with Gasteiger partial charge >= 0.3 is 6.03 Å². The Kier molecular flexibility index (Phi) is 4.63. The van der Waals surface area contributed by atoms with Crippen molar-refractivity contribution in [1.82, 2.24) is 20.1 Å². The first-order valence-electron chi connectivity index (χ1n) is 8.39. The van der Waals surface area contributed by atoms with Crippen molar-refractivity contribution in [2.45, 2.75) is 39.0 Å². The van der Waals surface area contributed by atoms with Crippen LogP contribution in [0.15, 0.2) is 42.7 Å². The summed E-state index contributed by atoms with van der Waals surface area (Å²) >= 11 is 0. The number of hydrogen-bond acceptors (Lipinski definition) is 3. The molecular weight excluding hydrogens is 316 g/mol. The highest BCUT2D eigenvalue weighted by Gasteiger charge is 2.43. The van der Waals surface area contributed by atoms with Crippen LogP contribution in [0.5, 0.6) is 0 Å². The summed E-state index contributed by atoms with van der Waals surface area (Å²) < 4.78 is 2.03. The Morgan fingerprint density at radius 3 is 2.20 bits per heavy atom. The van der Waals surface area contributed by atoms with Gasteiger partial charge in [0.2, 0.25) is 0 Å². The Bertz CT molecular complexity index is 777. The van der Waals surface area contributed by atoms with Crippen LogP contribution in [0, 0.1) is 0 Å². The van der Waals surface area contributed by atoms with Gasteiger partial charge in [0, 0.05) is 32.5 Å². The molecule has 132 valence electrons. The first-order chi connectivity index (χ1) is 11.8. The van der Waals surface area contributed by atoms with Crippen LogP contribution in [-0.2, 0) is 31.5 Å². The highest BCUT2D eigenvalue weighted by Crippen LogP contribution is 2.19. The van der Waals surface area contributed by atoms with Gasteiger partial charge in [0.1, 0.15) is 5.54 Å². The number of nitrogens with one attached hydrogen (secondary N) is 2. The molecule has 0 atom stereocenters. The van der Waals surface area contributed by atoms with E-state index in [0.29, 0.717) is 6.54 Å². The minimum Gasteiger partial charge on any atom is -0.357 e. The van der Waals surface area contributed by atoms with Crippen molar-refractivity contribution < 1.29 is 9.59 Å². The molecule has 1 aromatic heterocycles. The van der Waals surface area contributed by atoms with Crippen LogP contribution in [0.4, 0.5) is 4.79 Å². The maximum atomic E-state index is 12.2. The van der Waals surface area contributed by atoms with Crippen LogP contribution in [0.25, 0.3) is 0 Å². The van der Waals surface area contributed by atoms with Gasteiger partial charge in [-0.1, -0.05) is 24.3 Å². The molecule has 6 nitrogen and oxygen atoms in total. The van der Waals surface area contributed by atoms with Gasteiger partial charge in [-0.2, -0.15) is 0 Å². The van der Waals surface area contributed by atoms with Crippen molar-refractivity contribution in [2.24, 2.45) is 7.05 Å². The first kappa shape index (κ1) is 17.2. The summed E-state index contributed by atoms with van der Waals surface area (Å²) in [5, 5.41) is 6.10. The van der Waals surface area contributed by atoms with E-state index in [-0.39, 0.29) is 11.9 Å². The van der Waals surface area contributed by atoms with Crippen molar-refractivity contribution in [3.8, 4) is 0 Å². The van der Waals surface area contributed by atoms with Crippen LogP contribution in [-0.4, -0.2) is 26.9 Å². The van der Waals surface area contributed by atoms with Gasteiger partial charge < -0.3 is 15.2 Å². The van der Waals surface area contributed by atoms with Crippen molar-refractivity contribution in [3.05, 3.63) is 59.4 Å². The molecule has 0 radical (unpaired) electrons. The van der Waals surface area contributed by atoms with E-state index in [1.165, 1.54) is 10.5 Å². The summed E-state index contributed by atoms with van der Waals surface area (Å²) in [7, 11) is 2.01. The van der Waals surface area contributed by atoms with E-state index in [2.05, 4.69) is 22.9 Å². The smallest absolute Gasteiger partial charge is 0.325 e. The van der Waals surface area contributed by atoms with Gasteiger partial charge in [-0.15, -0.1) is 0 Å². The van der Waals surface area contributed by atoms with E-state index in [1.807, 2.05) is 42.1 Å². The highest BCUT2D eigenvalue weighted by molar-refractivity contribution is 6.06. The molecule has 1 aliphatic heterocycles. The maximum Gasteiger partial charge on any atom is 0.325 e. The predicted molar refractivity (Wildman–Crippen MR) is 95.6 cm³/mol. The third kappa shape index (κ3) is 3.91. The second-order valence-electron chi connectivity index (χ2n) is 7.05. The second kappa shape index (κ2) is 6.72. The Morgan fingerprint density at radius 2 is 1.64 bits per heavy atom. The molecule has 3 amide bonds. The van der Waals surface area contributed by atoms with Gasteiger partial charge in [-0.25, -0.2) is 4.79 Å². The van der Waals surface area contributed by atoms with Crippen LogP contribution in [0.1, 0.15) is 30.5 Å². The molecule has 6 heteroatoms. The minimum atomic E-state index is -0.821. The number of amides is 3. The van der Waals surface area contributed by atoms with E-state index in [4.69, 9.17) is 0 Å². The summed E-state index contributed by atoms with van der Waals surface area (Å²) in [5.74, 6) is -0.189. The lowest BCUT2D eigenvalue weighted by molar-refractivity contribution is -0.130. The third-order valence-electron chi connectivity index (χ3n) is 4.36. The lowest BCUT2D eigenvalue weighted by Crippen LogP contribution is -2.40. The number of urea groups is 1. The standard InChI is InChI=1S/C19H24N4O2/c1-19(2)17(24)23(18(25)21-19)13-15-6-4-14(5-7-15)10-20-11-16-8-9-22(3)12-16/h4-9,12,20H,10-11,13H2,1-3H3,(H,21,25). The molecule has 0 bridgehead atoms. The molecule has 2 N–H and O–H groups in total. The average Bonchev–Trinajstić information content (AvgIpc) is 3.05. The molecule has 0 saturated carbocycles. The molecule has 0 spiro atoms. The fourth-order valence-corrected chi connectivity index (χ4v) is 2.92. The lowest BCUT2D eigenvalue weighted by Gasteiger charge is -2.16. The average molecular weight is 340 g/mol. The van der Waals surface area contributed by atoms with E-state index in [9.17, 15) is 9.59 Å². The molecule has 0 unspecified atom stereocenters. The SMILES string of the molecule is Cn1ccc(CNCc2ccc(CN3C(=O)NC(C)(C)C3=O)cc2)c1. The topological polar surface area (TPSA) is 66.4 Å². The highest BCUT2D eigenvalue weighted by atomic mass is 16.2. The number of imide groups is 1.